The Morgan fingerprint density at radius 2 is 1.75 bits per heavy atom. The summed E-state index contributed by atoms with van der Waals surface area (Å²) in [7, 11) is 0. The van der Waals surface area contributed by atoms with E-state index in [1.165, 1.54) is 0 Å². The van der Waals surface area contributed by atoms with Gasteiger partial charge in [-0.15, -0.1) is 0 Å². The van der Waals surface area contributed by atoms with E-state index in [9.17, 15) is 23.1 Å². The molecule has 3 rings (SSSR count). The van der Waals surface area contributed by atoms with Crippen LogP contribution in [0.25, 0.3) is 0 Å². The van der Waals surface area contributed by atoms with Crippen LogP contribution in [0.2, 0.25) is 0 Å². The highest BCUT2D eigenvalue weighted by atomic mass is 19.4. The first-order valence-corrected chi connectivity index (χ1v) is 8.44. The lowest BCUT2D eigenvalue weighted by Gasteiger charge is -2.46. The van der Waals surface area contributed by atoms with Crippen molar-refractivity contribution in [3.05, 3.63) is 35.9 Å². The second kappa shape index (κ2) is 6.39. The van der Waals surface area contributed by atoms with E-state index in [1.807, 2.05) is 30.3 Å². The molecule has 1 amide bonds. The monoisotopic (exact) mass is 341 g/mol. The molecule has 1 saturated carbocycles. The maximum Gasteiger partial charge on any atom is 0.414 e. The molecule has 3 nitrogen and oxygen atoms in total. The number of carbonyl (C=O) groups excluding carboxylic acids is 1. The fourth-order valence-corrected chi connectivity index (χ4v) is 3.90. The van der Waals surface area contributed by atoms with Gasteiger partial charge in [0.15, 0.2) is 6.10 Å². The van der Waals surface area contributed by atoms with Gasteiger partial charge >= 0.3 is 6.18 Å². The molecular formula is C18H22F3NO2. The molecule has 1 heterocycles. The number of rotatable bonds is 3. The van der Waals surface area contributed by atoms with Gasteiger partial charge in [0.05, 0.1) is 5.41 Å². The van der Waals surface area contributed by atoms with Gasteiger partial charge in [-0.1, -0.05) is 36.8 Å². The fourth-order valence-electron chi connectivity index (χ4n) is 3.90. The molecule has 1 saturated heterocycles. The molecule has 2 aliphatic rings. The predicted molar refractivity (Wildman–Crippen MR) is 83.3 cm³/mol. The van der Waals surface area contributed by atoms with Crippen molar-refractivity contribution in [1.82, 2.24) is 4.90 Å². The van der Waals surface area contributed by atoms with Crippen molar-refractivity contribution >= 4 is 5.91 Å². The number of carbonyl (C=O) groups is 1. The number of aliphatic hydroxyl groups is 1. The van der Waals surface area contributed by atoms with Crippen LogP contribution in [0.4, 0.5) is 13.2 Å². The zero-order valence-corrected chi connectivity index (χ0v) is 13.4. The molecule has 1 aromatic rings. The summed E-state index contributed by atoms with van der Waals surface area (Å²) in [4.78, 5) is 14.7. The summed E-state index contributed by atoms with van der Waals surface area (Å²) < 4.78 is 37.9. The van der Waals surface area contributed by atoms with Gasteiger partial charge in [0.1, 0.15) is 0 Å². The first kappa shape index (κ1) is 17.3. The quantitative estimate of drug-likeness (QED) is 0.917. The predicted octanol–water partition coefficient (Wildman–Crippen LogP) is 3.27. The summed E-state index contributed by atoms with van der Waals surface area (Å²) in [6.07, 6.45) is -3.92. The highest BCUT2D eigenvalue weighted by Gasteiger charge is 2.49. The SMILES string of the molecule is O=C(N1CCC(C(O)C(F)(F)F)CC1)C1(c2ccccc2)CCC1. The van der Waals surface area contributed by atoms with Crippen molar-refractivity contribution in [2.45, 2.75) is 49.8 Å². The largest absolute Gasteiger partial charge is 0.414 e. The fraction of sp³-hybridized carbons (Fsp3) is 0.611. The van der Waals surface area contributed by atoms with Gasteiger partial charge < -0.3 is 10.0 Å². The van der Waals surface area contributed by atoms with Crippen LogP contribution in [-0.2, 0) is 10.2 Å². The standard InChI is InChI=1S/C18H22F3NO2/c19-18(20,21)15(23)13-7-11-22(12-8-13)16(24)17(9-4-10-17)14-5-2-1-3-6-14/h1-3,5-6,13,15,23H,4,7-12H2. The van der Waals surface area contributed by atoms with Crippen LogP contribution in [0.5, 0.6) is 0 Å². The average Bonchev–Trinajstić information content (AvgIpc) is 2.53. The van der Waals surface area contributed by atoms with Crippen LogP contribution in [0.3, 0.4) is 0 Å². The molecule has 1 unspecified atom stereocenters. The number of benzene rings is 1. The molecular weight excluding hydrogens is 319 g/mol. The molecule has 1 aliphatic carbocycles. The lowest BCUT2D eigenvalue weighted by molar-refractivity contribution is -0.223. The Hall–Kier alpha value is -1.56. The lowest BCUT2D eigenvalue weighted by atomic mass is 9.63. The molecule has 1 atom stereocenters. The van der Waals surface area contributed by atoms with Gasteiger partial charge in [0, 0.05) is 13.1 Å². The second-order valence-electron chi connectivity index (χ2n) is 6.92. The number of amides is 1. The maximum atomic E-state index is 13.0. The molecule has 1 aliphatic heterocycles. The maximum absolute atomic E-state index is 13.0. The topological polar surface area (TPSA) is 40.5 Å². The molecule has 0 bridgehead atoms. The van der Waals surface area contributed by atoms with E-state index < -0.39 is 23.6 Å². The molecule has 1 N–H and O–H groups in total. The van der Waals surface area contributed by atoms with E-state index in [0.717, 1.165) is 24.8 Å². The van der Waals surface area contributed by atoms with Gasteiger partial charge in [0.2, 0.25) is 5.91 Å². The second-order valence-corrected chi connectivity index (χ2v) is 6.92. The van der Waals surface area contributed by atoms with Crippen LogP contribution in [0, 0.1) is 5.92 Å². The Kier molecular flexibility index (Phi) is 4.60. The minimum atomic E-state index is -4.59. The Morgan fingerprint density at radius 3 is 2.21 bits per heavy atom. The molecule has 0 spiro atoms. The number of halogens is 3. The zero-order chi connectivity index (χ0) is 17.4. The summed E-state index contributed by atoms with van der Waals surface area (Å²) in [6, 6.07) is 9.64. The van der Waals surface area contributed by atoms with Crippen molar-refractivity contribution in [3.8, 4) is 0 Å². The molecule has 132 valence electrons. The number of piperidine rings is 1. The number of hydrogen-bond donors (Lipinski definition) is 1. The number of alkyl halides is 3. The normalized spacial score (nSPS) is 22.8. The average molecular weight is 341 g/mol. The van der Waals surface area contributed by atoms with E-state index in [4.69, 9.17) is 0 Å². The van der Waals surface area contributed by atoms with Gasteiger partial charge in [-0.3, -0.25) is 4.79 Å². The minimum Gasteiger partial charge on any atom is -0.383 e. The van der Waals surface area contributed by atoms with Gasteiger partial charge in [0.25, 0.3) is 0 Å². The first-order valence-electron chi connectivity index (χ1n) is 8.44. The van der Waals surface area contributed by atoms with Crippen LogP contribution >= 0.6 is 0 Å². The van der Waals surface area contributed by atoms with Gasteiger partial charge in [-0.25, -0.2) is 0 Å². The number of nitrogens with zero attached hydrogens (tertiary/aromatic N) is 1. The highest BCUT2D eigenvalue weighted by molar-refractivity contribution is 5.89. The smallest absolute Gasteiger partial charge is 0.383 e. The summed E-state index contributed by atoms with van der Waals surface area (Å²) in [5, 5.41) is 9.40. The Balaban J connectivity index is 1.67. The molecule has 0 radical (unpaired) electrons. The highest BCUT2D eigenvalue weighted by Crippen LogP contribution is 2.45. The molecule has 0 aromatic heterocycles. The van der Waals surface area contributed by atoms with Crippen LogP contribution in [-0.4, -0.2) is 41.3 Å². The third-order valence-electron chi connectivity index (χ3n) is 5.55. The Bertz CT molecular complexity index is 576. The molecule has 2 fully saturated rings. The Labute approximate surface area is 139 Å². The van der Waals surface area contributed by atoms with Crippen LogP contribution < -0.4 is 0 Å². The van der Waals surface area contributed by atoms with Crippen molar-refractivity contribution < 1.29 is 23.1 Å². The third kappa shape index (κ3) is 3.04. The number of hydrogen-bond acceptors (Lipinski definition) is 2. The molecule has 1 aromatic carbocycles. The lowest BCUT2D eigenvalue weighted by Crippen LogP contribution is -2.54. The number of aliphatic hydroxyl groups excluding tert-OH is 1. The Morgan fingerprint density at radius 1 is 1.17 bits per heavy atom. The van der Waals surface area contributed by atoms with E-state index in [2.05, 4.69) is 0 Å². The summed E-state index contributed by atoms with van der Waals surface area (Å²) in [5.41, 5.74) is 0.496. The van der Waals surface area contributed by atoms with E-state index in [0.29, 0.717) is 0 Å². The zero-order valence-electron chi connectivity index (χ0n) is 13.4. The van der Waals surface area contributed by atoms with E-state index >= 15 is 0 Å². The molecule has 24 heavy (non-hydrogen) atoms. The van der Waals surface area contributed by atoms with Gasteiger partial charge in [-0.05, 0) is 37.2 Å². The van der Waals surface area contributed by atoms with Crippen molar-refractivity contribution in [1.29, 1.82) is 0 Å². The first-order chi connectivity index (χ1) is 11.3. The van der Waals surface area contributed by atoms with Crippen molar-refractivity contribution in [3.63, 3.8) is 0 Å². The van der Waals surface area contributed by atoms with Gasteiger partial charge in [-0.2, -0.15) is 13.2 Å². The minimum absolute atomic E-state index is 0.0277. The third-order valence-corrected chi connectivity index (χ3v) is 5.55. The molecule has 6 heteroatoms. The summed E-state index contributed by atoms with van der Waals surface area (Å²) >= 11 is 0. The van der Waals surface area contributed by atoms with Crippen molar-refractivity contribution in [2.24, 2.45) is 5.92 Å². The number of likely N-dealkylation sites (tertiary alicyclic amines) is 1. The van der Waals surface area contributed by atoms with Crippen molar-refractivity contribution in [2.75, 3.05) is 13.1 Å². The van der Waals surface area contributed by atoms with Crippen LogP contribution in [0.15, 0.2) is 30.3 Å². The summed E-state index contributed by atoms with van der Waals surface area (Å²) in [5.74, 6) is -0.789. The van der Waals surface area contributed by atoms with E-state index in [1.54, 1.807) is 4.90 Å². The van der Waals surface area contributed by atoms with E-state index in [-0.39, 0.29) is 31.8 Å². The van der Waals surface area contributed by atoms with Crippen LogP contribution in [0.1, 0.15) is 37.7 Å². The summed E-state index contributed by atoms with van der Waals surface area (Å²) in [6.45, 7) is 0.566.